The van der Waals surface area contributed by atoms with Crippen molar-refractivity contribution in [2.75, 3.05) is 20.8 Å². The highest BCUT2D eigenvalue weighted by atomic mass is 16.5. The Morgan fingerprint density at radius 3 is 2.50 bits per heavy atom. The molecule has 0 aliphatic rings. The first-order valence-electron chi connectivity index (χ1n) is 2.92. The van der Waals surface area contributed by atoms with Gasteiger partial charge < -0.3 is 10.1 Å². The van der Waals surface area contributed by atoms with Crippen LogP contribution in [0.15, 0.2) is 0 Å². The van der Waals surface area contributed by atoms with Crippen molar-refractivity contribution in [2.24, 2.45) is 0 Å². The van der Waals surface area contributed by atoms with E-state index in [9.17, 15) is 9.59 Å². The minimum atomic E-state index is -0.276. The monoisotopic (exact) mass is 145 g/mol. The molecule has 4 heteroatoms. The summed E-state index contributed by atoms with van der Waals surface area (Å²) in [5.41, 5.74) is 0. The van der Waals surface area contributed by atoms with Crippen molar-refractivity contribution >= 4 is 11.7 Å². The number of nitrogens with one attached hydrogen (secondary N) is 1. The van der Waals surface area contributed by atoms with Gasteiger partial charge in [-0.15, -0.1) is 0 Å². The van der Waals surface area contributed by atoms with Crippen LogP contribution in [-0.2, 0) is 14.3 Å². The molecular formula is C6H11NO3. The first-order valence-corrected chi connectivity index (χ1v) is 2.92. The molecule has 10 heavy (non-hydrogen) atoms. The molecule has 0 rings (SSSR count). The van der Waals surface area contributed by atoms with Gasteiger partial charge in [-0.25, -0.2) is 0 Å². The number of carbonyl (C=O) groups is 2. The van der Waals surface area contributed by atoms with Gasteiger partial charge in [-0.3, -0.25) is 9.59 Å². The second-order valence-corrected chi connectivity index (χ2v) is 1.82. The third kappa shape index (κ3) is 4.03. The van der Waals surface area contributed by atoms with Crippen LogP contribution in [0.3, 0.4) is 0 Å². The lowest BCUT2D eigenvalue weighted by atomic mass is 10.3. The summed E-state index contributed by atoms with van der Waals surface area (Å²) in [6.07, 6.45) is -0.0929. The van der Waals surface area contributed by atoms with Gasteiger partial charge in [0, 0.05) is 14.2 Å². The molecule has 0 aliphatic carbocycles. The molecule has 4 nitrogen and oxygen atoms in total. The van der Waals surface area contributed by atoms with Gasteiger partial charge in [0.2, 0.25) is 5.91 Å². The number of amides is 1. The molecule has 0 heterocycles. The molecule has 0 radical (unpaired) electrons. The zero-order chi connectivity index (χ0) is 7.98. The highest BCUT2D eigenvalue weighted by molar-refractivity contribution is 5.98. The number of Topliss-reactive ketones (excluding diaryl/α,β-unsaturated/α-hetero) is 1. The molecule has 0 fully saturated rings. The summed E-state index contributed by atoms with van der Waals surface area (Å²) in [5.74, 6) is -0.482. The van der Waals surface area contributed by atoms with E-state index in [2.05, 4.69) is 10.1 Å². The van der Waals surface area contributed by atoms with Crippen molar-refractivity contribution in [2.45, 2.75) is 6.42 Å². The van der Waals surface area contributed by atoms with Gasteiger partial charge in [0.1, 0.15) is 6.61 Å². The zero-order valence-corrected chi connectivity index (χ0v) is 6.14. The van der Waals surface area contributed by atoms with Crippen molar-refractivity contribution in [1.82, 2.24) is 5.32 Å². The summed E-state index contributed by atoms with van der Waals surface area (Å²) in [7, 11) is 2.91. The van der Waals surface area contributed by atoms with Crippen LogP contribution < -0.4 is 5.32 Å². The number of ketones is 1. The number of hydrogen-bond donors (Lipinski definition) is 1. The SMILES string of the molecule is CNC(=O)CC(=O)COC. The van der Waals surface area contributed by atoms with Crippen LogP contribution in [-0.4, -0.2) is 32.5 Å². The summed E-state index contributed by atoms with van der Waals surface area (Å²) in [6, 6.07) is 0. The first-order chi connectivity index (χ1) is 4.70. The van der Waals surface area contributed by atoms with E-state index in [1.54, 1.807) is 0 Å². The fraction of sp³-hybridized carbons (Fsp3) is 0.667. The highest BCUT2D eigenvalue weighted by Gasteiger charge is 2.05. The second kappa shape index (κ2) is 4.93. The molecule has 0 bridgehead atoms. The maximum absolute atomic E-state index is 10.6. The lowest BCUT2D eigenvalue weighted by molar-refractivity contribution is -0.129. The minimum Gasteiger partial charge on any atom is -0.377 e. The Morgan fingerprint density at radius 2 is 2.10 bits per heavy atom. The molecule has 0 atom stereocenters. The fourth-order valence-electron chi connectivity index (χ4n) is 0.479. The van der Waals surface area contributed by atoms with E-state index in [0.29, 0.717) is 0 Å². The fourth-order valence-corrected chi connectivity index (χ4v) is 0.479. The standard InChI is InChI=1S/C6H11NO3/c1-7-6(9)3-5(8)4-10-2/h3-4H2,1-2H3,(H,7,9). The van der Waals surface area contributed by atoms with Gasteiger partial charge in [0.25, 0.3) is 0 Å². The average molecular weight is 145 g/mol. The number of rotatable bonds is 4. The maximum atomic E-state index is 10.6. The number of methoxy groups -OCH3 is 1. The smallest absolute Gasteiger partial charge is 0.227 e. The molecule has 1 N–H and O–H groups in total. The predicted molar refractivity (Wildman–Crippen MR) is 35.6 cm³/mol. The first kappa shape index (κ1) is 9.10. The van der Waals surface area contributed by atoms with Gasteiger partial charge in [-0.2, -0.15) is 0 Å². The number of ether oxygens (including phenoxy) is 1. The lowest BCUT2D eigenvalue weighted by Gasteiger charge is -1.96. The highest BCUT2D eigenvalue weighted by Crippen LogP contribution is 1.82. The molecule has 0 aromatic rings. The predicted octanol–water partition coefficient (Wildman–Crippen LogP) is -0.662. The van der Waals surface area contributed by atoms with Gasteiger partial charge >= 0.3 is 0 Å². The van der Waals surface area contributed by atoms with Crippen LogP contribution in [0.25, 0.3) is 0 Å². The molecule has 0 unspecified atom stereocenters. The van der Waals surface area contributed by atoms with E-state index in [1.807, 2.05) is 0 Å². The summed E-state index contributed by atoms with van der Waals surface area (Å²) in [5, 5.41) is 2.34. The van der Waals surface area contributed by atoms with E-state index in [4.69, 9.17) is 0 Å². The third-order valence-electron chi connectivity index (χ3n) is 0.942. The Kier molecular flexibility index (Phi) is 4.49. The minimum absolute atomic E-state index is 0.00736. The largest absolute Gasteiger partial charge is 0.377 e. The van der Waals surface area contributed by atoms with Crippen LogP contribution >= 0.6 is 0 Å². The van der Waals surface area contributed by atoms with Crippen LogP contribution in [0.4, 0.5) is 0 Å². The summed E-state index contributed by atoms with van der Waals surface area (Å²) >= 11 is 0. The molecule has 0 saturated heterocycles. The maximum Gasteiger partial charge on any atom is 0.227 e. The van der Waals surface area contributed by atoms with E-state index < -0.39 is 0 Å². The normalized spacial score (nSPS) is 9.00. The van der Waals surface area contributed by atoms with Crippen LogP contribution in [0.1, 0.15) is 6.42 Å². The molecule has 58 valence electrons. The lowest BCUT2D eigenvalue weighted by Crippen LogP contribution is -2.23. The Hall–Kier alpha value is -0.900. The Labute approximate surface area is 59.6 Å². The van der Waals surface area contributed by atoms with Crippen molar-refractivity contribution in [3.63, 3.8) is 0 Å². The Bertz CT molecular complexity index is 133. The molecule has 0 spiro atoms. The summed E-state index contributed by atoms with van der Waals surface area (Å²) in [6.45, 7) is 0.00736. The van der Waals surface area contributed by atoms with Crippen molar-refractivity contribution in [3.8, 4) is 0 Å². The Morgan fingerprint density at radius 1 is 1.50 bits per heavy atom. The van der Waals surface area contributed by atoms with Crippen molar-refractivity contribution in [3.05, 3.63) is 0 Å². The van der Waals surface area contributed by atoms with Gasteiger partial charge in [0.05, 0.1) is 6.42 Å². The van der Waals surface area contributed by atoms with Gasteiger partial charge in [-0.05, 0) is 0 Å². The molecular weight excluding hydrogens is 134 g/mol. The Balaban J connectivity index is 3.47. The second-order valence-electron chi connectivity index (χ2n) is 1.82. The molecule has 0 saturated carbocycles. The number of hydrogen-bond acceptors (Lipinski definition) is 3. The van der Waals surface area contributed by atoms with Crippen molar-refractivity contribution in [1.29, 1.82) is 0 Å². The van der Waals surface area contributed by atoms with E-state index >= 15 is 0 Å². The van der Waals surface area contributed by atoms with E-state index in [-0.39, 0.29) is 24.7 Å². The van der Waals surface area contributed by atoms with Gasteiger partial charge in [0.15, 0.2) is 5.78 Å². The summed E-state index contributed by atoms with van der Waals surface area (Å²) in [4.78, 5) is 21.1. The number of carbonyl (C=O) groups excluding carboxylic acids is 2. The van der Waals surface area contributed by atoms with Crippen molar-refractivity contribution < 1.29 is 14.3 Å². The molecule has 1 amide bonds. The molecule has 0 aromatic carbocycles. The quantitative estimate of drug-likeness (QED) is 0.534. The third-order valence-corrected chi connectivity index (χ3v) is 0.942. The zero-order valence-electron chi connectivity index (χ0n) is 6.14. The van der Waals surface area contributed by atoms with Crippen LogP contribution in [0, 0.1) is 0 Å². The van der Waals surface area contributed by atoms with E-state index in [0.717, 1.165) is 0 Å². The van der Waals surface area contributed by atoms with Crippen LogP contribution in [0.2, 0.25) is 0 Å². The van der Waals surface area contributed by atoms with Crippen LogP contribution in [0.5, 0.6) is 0 Å². The topological polar surface area (TPSA) is 55.4 Å². The average Bonchev–Trinajstić information content (AvgIpc) is 1.88. The summed E-state index contributed by atoms with van der Waals surface area (Å²) < 4.78 is 4.52. The molecule has 0 aliphatic heterocycles. The van der Waals surface area contributed by atoms with E-state index in [1.165, 1.54) is 14.2 Å². The van der Waals surface area contributed by atoms with Gasteiger partial charge in [-0.1, -0.05) is 0 Å². The molecule has 0 aromatic heterocycles.